The summed E-state index contributed by atoms with van der Waals surface area (Å²) in [7, 11) is 1.40. The second-order valence-corrected chi connectivity index (χ2v) is 2.81. The van der Waals surface area contributed by atoms with Crippen molar-refractivity contribution in [3.05, 3.63) is 0 Å². The van der Waals surface area contributed by atoms with E-state index in [0.717, 1.165) is 0 Å². The molecule has 0 amide bonds. The molecule has 4 atom stereocenters. The Morgan fingerprint density at radius 3 is 2.67 bits per heavy atom. The Bertz CT molecular complexity index is 140. The minimum Gasteiger partial charge on any atom is -0.394 e. The van der Waals surface area contributed by atoms with Crippen LogP contribution in [-0.2, 0) is 9.47 Å². The van der Waals surface area contributed by atoms with Crippen molar-refractivity contribution in [2.24, 2.45) is 0 Å². The van der Waals surface area contributed by atoms with Crippen LogP contribution in [0.3, 0.4) is 0 Å². The summed E-state index contributed by atoms with van der Waals surface area (Å²) in [5.74, 6) is 0. The van der Waals surface area contributed by atoms with Gasteiger partial charge in [-0.1, -0.05) is 0 Å². The van der Waals surface area contributed by atoms with Crippen molar-refractivity contribution >= 4 is 0 Å². The van der Waals surface area contributed by atoms with E-state index in [4.69, 9.17) is 14.6 Å². The molecule has 5 nitrogen and oxygen atoms in total. The average molecular weight is 178 g/mol. The number of hydrogen-bond acceptors (Lipinski definition) is 5. The third-order valence-corrected chi connectivity index (χ3v) is 2.03. The van der Waals surface area contributed by atoms with Crippen LogP contribution < -0.4 is 0 Å². The Kier molecular flexibility index (Phi) is 3.42. The Hall–Kier alpha value is -0.200. The molecular weight excluding hydrogens is 164 g/mol. The third-order valence-electron chi connectivity index (χ3n) is 2.03. The van der Waals surface area contributed by atoms with E-state index in [2.05, 4.69) is 0 Å². The fourth-order valence-corrected chi connectivity index (χ4v) is 1.31. The average Bonchev–Trinajstić information content (AvgIpc) is 2.06. The van der Waals surface area contributed by atoms with Crippen LogP contribution >= 0.6 is 0 Å². The maximum atomic E-state index is 9.43. The molecule has 1 aliphatic rings. The van der Waals surface area contributed by atoms with Crippen molar-refractivity contribution in [2.75, 3.05) is 20.3 Å². The zero-order valence-electron chi connectivity index (χ0n) is 6.88. The predicted molar refractivity (Wildman–Crippen MR) is 39.6 cm³/mol. The van der Waals surface area contributed by atoms with Gasteiger partial charge < -0.3 is 24.8 Å². The van der Waals surface area contributed by atoms with E-state index in [9.17, 15) is 10.2 Å². The molecule has 0 saturated carbocycles. The van der Waals surface area contributed by atoms with Gasteiger partial charge in [-0.3, -0.25) is 0 Å². The SMILES string of the molecule is COC1C(O)COC(CO)C1O. The lowest BCUT2D eigenvalue weighted by molar-refractivity contribution is -0.203. The van der Waals surface area contributed by atoms with Crippen LogP contribution in [0.4, 0.5) is 0 Å². The second-order valence-electron chi connectivity index (χ2n) is 2.81. The fourth-order valence-electron chi connectivity index (χ4n) is 1.31. The van der Waals surface area contributed by atoms with Gasteiger partial charge >= 0.3 is 0 Å². The van der Waals surface area contributed by atoms with Gasteiger partial charge in [0.05, 0.1) is 13.2 Å². The van der Waals surface area contributed by atoms with E-state index >= 15 is 0 Å². The predicted octanol–water partition coefficient (Wildman–Crippen LogP) is -1.89. The number of ether oxygens (including phenoxy) is 2. The highest BCUT2D eigenvalue weighted by molar-refractivity contribution is 4.87. The highest BCUT2D eigenvalue weighted by Gasteiger charge is 2.38. The van der Waals surface area contributed by atoms with Gasteiger partial charge in [-0.25, -0.2) is 0 Å². The standard InChI is InChI=1S/C7H14O5/c1-11-7-4(9)3-12-5(2-8)6(7)10/h4-10H,2-3H2,1H3. The molecule has 3 N–H and O–H groups in total. The van der Waals surface area contributed by atoms with E-state index in [-0.39, 0.29) is 13.2 Å². The monoisotopic (exact) mass is 178 g/mol. The summed E-state index contributed by atoms with van der Waals surface area (Å²) in [6.45, 7) is -0.186. The van der Waals surface area contributed by atoms with Crippen LogP contribution in [0.1, 0.15) is 0 Å². The lowest BCUT2D eigenvalue weighted by atomic mass is 10.0. The van der Waals surface area contributed by atoms with Crippen molar-refractivity contribution in [1.29, 1.82) is 0 Å². The Balaban J connectivity index is 2.56. The van der Waals surface area contributed by atoms with E-state index < -0.39 is 24.4 Å². The van der Waals surface area contributed by atoms with Crippen LogP contribution in [0, 0.1) is 0 Å². The normalized spacial score (nSPS) is 43.0. The highest BCUT2D eigenvalue weighted by atomic mass is 16.6. The summed E-state index contributed by atoms with van der Waals surface area (Å²) in [4.78, 5) is 0. The zero-order valence-corrected chi connectivity index (χ0v) is 6.88. The summed E-state index contributed by atoms with van der Waals surface area (Å²) in [6, 6.07) is 0. The maximum absolute atomic E-state index is 9.43. The van der Waals surface area contributed by atoms with Gasteiger partial charge in [0.2, 0.25) is 0 Å². The lowest BCUT2D eigenvalue weighted by Gasteiger charge is -2.36. The van der Waals surface area contributed by atoms with Gasteiger partial charge in [0.25, 0.3) is 0 Å². The zero-order chi connectivity index (χ0) is 9.14. The molecule has 0 radical (unpaired) electrons. The molecule has 1 rings (SSSR count). The summed E-state index contributed by atoms with van der Waals surface area (Å²) in [6.07, 6.45) is -3.12. The van der Waals surface area contributed by atoms with Crippen molar-refractivity contribution in [3.63, 3.8) is 0 Å². The summed E-state index contributed by atoms with van der Waals surface area (Å²) in [5, 5.41) is 27.4. The Labute approximate surface area is 70.5 Å². The first-order chi connectivity index (χ1) is 5.70. The van der Waals surface area contributed by atoms with E-state index in [0.29, 0.717) is 0 Å². The minimum atomic E-state index is -0.969. The summed E-state index contributed by atoms with van der Waals surface area (Å²) >= 11 is 0. The minimum absolute atomic E-state index is 0.0841. The smallest absolute Gasteiger partial charge is 0.114 e. The van der Waals surface area contributed by atoms with Gasteiger partial charge in [-0.05, 0) is 0 Å². The molecule has 1 fully saturated rings. The van der Waals surface area contributed by atoms with Crippen molar-refractivity contribution in [1.82, 2.24) is 0 Å². The van der Waals surface area contributed by atoms with Crippen LogP contribution in [-0.4, -0.2) is 60.1 Å². The summed E-state index contributed by atoms with van der Waals surface area (Å²) < 4.78 is 9.81. The van der Waals surface area contributed by atoms with Gasteiger partial charge in [0, 0.05) is 7.11 Å². The number of aliphatic hydroxyl groups excluding tert-OH is 3. The number of aliphatic hydroxyl groups is 3. The number of hydrogen-bond donors (Lipinski definition) is 3. The molecule has 1 aliphatic heterocycles. The molecule has 12 heavy (non-hydrogen) atoms. The molecule has 0 aliphatic carbocycles. The Morgan fingerprint density at radius 2 is 2.17 bits per heavy atom. The van der Waals surface area contributed by atoms with Crippen molar-refractivity contribution < 1.29 is 24.8 Å². The molecule has 4 unspecified atom stereocenters. The van der Waals surface area contributed by atoms with E-state index in [1.807, 2.05) is 0 Å². The molecule has 1 heterocycles. The van der Waals surface area contributed by atoms with Crippen molar-refractivity contribution in [2.45, 2.75) is 24.4 Å². The number of rotatable bonds is 2. The second kappa shape index (κ2) is 4.15. The van der Waals surface area contributed by atoms with Crippen LogP contribution in [0.2, 0.25) is 0 Å². The highest BCUT2D eigenvalue weighted by Crippen LogP contribution is 2.17. The van der Waals surface area contributed by atoms with Gasteiger partial charge in [-0.2, -0.15) is 0 Å². The molecule has 1 saturated heterocycles. The molecular formula is C7H14O5. The van der Waals surface area contributed by atoms with Crippen LogP contribution in [0.15, 0.2) is 0 Å². The van der Waals surface area contributed by atoms with Crippen LogP contribution in [0.5, 0.6) is 0 Å². The van der Waals surface area contributed by atoms with Gasteiger partial charge in [0.1, 0.15) is 24.4 Å². The quantitative estimate of drug-likeness (QED) is 0.461. The molecule has 5 heteroatoms. The molecule has 72 valence electrons. The lowest BCUT2D eigenvalue weighted by Crippen LogP contribution is -2.54. The Morgan fingerprint density at radius 1 is 1.50 bits per heavy atom. The maximum Gasteiger partial charge on any atom is 0.114 e. The van der Waals surface area contributed by atoms with Gasteiger partial charge in [0.15, 0.2) is 0 Å². The van der Waals surface area contributed by atoms with Crippen molar-refractivity contribution in [3.8, 4) is 0 Å². The molecule has 0 aromatic carbocycles. The van der Waals surface area contributed by atoms with E-state index in [1.54, 1.807) is 0 Å². The van der Waals surface area contributed by atoms with Gasteiger partial charge in [-0.15, -0.1) is 0 Å². The van der Waals surface area contributed by atoms with E-state index in [1.165, 1.54) is 7.11 Å². The molecule has 0 aromatic heterocycles. The molecule has 0 aromatic rings. The molecule has 0 bridgehead atoms. The first kappa shape index (κ1) is 9.88. The number of methoxy groups -OCH3 is 1. The first-order valence-electron chi connectivity index (χ1n) is 3.82. The topological polar surface area (TPSA) is 79.2 Å². The van der Waals surface area contributed by atoms with Crippen LogP contribution in [0.25, 0.3) is 0 Å². The largest absolute Gasteiger partial charge is 0.394 e. The summed E-state index contributed by atoms with van der Waals surface area (Å²) in [5.41, 5.74) is 0. The first-order valence-corrected chi connectivity index (χ1v) is 3.82. The third kappa shape index (κ3) is 1.75. The fraction of sp³-hybridized carbons (Fsp3) is 1.00. The molecule has 0 spiro atoms.